The third-order valence-corrected chi connectivity index (χ3v) is 5.30. The Morgan fingerprint density at radius 1 is 1.24 bits per heavy atom. The van der Waals surface area contributed by atoms with Gasteiger partial charge in [-0.3, -0.25) is 9.46 Å². The van der Waals surface area contributed by atoms with Gasteiger partial charge in [-0.15, -0.1) is 0 Å². The number of hydrogen-bond acceptors (Lipinski definition) is 6. The van der Waals surface area contributed by atoms with E-state index in [4.69, 9.17) is 13.8 Å². The standard InChI is InChI=1S/C16H21NO6P.Li/c1-4-21-24(20,22-5-2)11-14(18)17-12(3)15(23-16(17)19)13-9-7-6-8-10-13;/h6-12,15H,4-5H2,1-3H3;/q-1;+1/t12-,15-;/m1./s1. The first-order chi connectivity index (χ1) is 11.4. The van der Waals surface area contributed by atoms with E-state index in [0.29, 0.717) is 0 Å². The first kappa shape index (κ1) is 21.8. The van der Waals surface area contributed by atoms with Gasteiger partial charge in [-0.25, -0.2) is 4.79 Å². The minimum Gasteiger partial charge on any atom is -0.439 e. The number of imide groups is 1. The summed E-state index contributed by atoms with van der Waals surface area (Å²) in [6, 6.07) is 8.59. The molecule has 0 spiro atoms. The number of carbonyl (C=O) groups is 2. The van der Waals surface area contributed by atoms with Gasteiger partial charge in [0.1, 0.15) is 12.0 Å². The maximum Gasteiger partial charge on any atom is 1.00 e. The normalized spacial score (nSPS) is 20.0. The summed E-state index contributed by atoms with van der Waals surface area (Å²) < 4.78 is 27.9. The number of hydrogen-bond donors (Lipinski definition) is 0. The van der Waals surface area contributed by atoms with Crippen LogP contribution in [0.4, 0.5) is 4.79 Å². The van der Waals surface area contributed by atoms with Crippen LogP contribution in [0.25, 0.3) is 0 Å². The van der Waals surface area contributed by atoms with E-state index < -0.39 is 31.7 Å². The molecule has 0 unspecified atom stereocenters. The van der Waals surface area contributed by atoms with Gasteiger partial charge in [0.25, 0.3) is 0 Å². The fourth-order valence-corrected chi connectivity index (χ4v) is 3.85. The number of carbonyl (C=O) groups excluding carboxylic acids is 2. The zero-order chi connectivity index (χ0) is 17.7. The Hall–Kier alpha value is -1.22. The van der Waals surface area contributed by atoms with Crippen LogP contribution in [0.15, 0.2) is 30.3 Å². The van der Waals surface area contributed by atoms with Crippen LogP contribution < -0.4 is 18.9 Å². The average Bonchev–Trinajstić information content (AvgIpc) is 2.83. The number of amides is 2. The molecule has 1 aliphatic rings. The molecule has 0 radical (unpaired) electrons. The Morgan fingerprint density at radius 2 is 1.80 bits per heavy atom. The Labute approximate surface area is 159 Å². The fraction of sp³-hybridized carbons (Fsp3) is 0.438. The van der Waals surface area contributed by atoms with Gasteiger partial charge in [-0.2, -0.15) is 6.16 Å². The van der Waals surface area contributed by atoms with Crippen LogP contribution in [0, 0.1) is 6.16 Å². The van der Waals surface area contributed by atoms with Gasteiger partial charge in [-0.1, -0.05) is 30.3 Å². The molecule has 0 aliphatic carbocycles. The largest absolute Gasteiger partial charge is 1.00 e. The van der Waals surface area contributed by atoms with Crippen LogP contribution in [0.2, 0.25) is 0 Å². The van der Waals surface area contributed by atoms with E-state index in [1.807, 2.05) is 30.3 Å². The second-order valence-electron chi connectivity index (χ2n) is 5.17. The van der Waals surface area contributed by atoms with E-state index in [1.54, 1.807) is 20.8 Å². The molecule has 132 valence electrons. The zero-order valence-electron chi connectivity index (χ0n) is 14.9. The number of ether oxygens (including phenoxy) is 1. The summed E-state index contributed by atoms with van der Waals surface area (Å²) in [5, 5.41) is 0. The zero-order valence-corrected chi connectivity index (χ0v) is 15.8. The minimum atomic E-state index is -3.70. The Kier molecular flexibility index (Phi) is 8.26. The molecule has 0 bridgehead atoms. The summed E-state index contributed by atoms with van der Waals surface area (Å²) >= 11 is 0. The van der Waals surface area contributed by atoms with Crippen LogP contribution in [-0.4, -0.2) is 36.2 Å². The van der Waals surface area contributed by atoms with E-state index in [0.717, 1.165) is 16.6 Å². The first-order valence-electron chi connectivity index (χ1n) is 7.75. The SMILES string of the molecule is CCOP(=O)([CH-]C(=O)N1C(=O)O[C@@H](c2ccccc2)[C@H]1C)OCC.[Li+]. The van der Waals surface area contributed by atoms with Crippen LogP contribution >= 0.6 is 7.60 Å². The summed E-state index contributed by atoms with van der Waals surface area (Å²) in [6.45, 7) is 5.21. The number of cyclic esters (lactones) is 1. The van der Waals surface area contributed by atoms with E-state index in [2.05, 4.69) is 0 Å². The molecule has 1 heterocycles. The fourth-order valence-electron chi connectivity index (χ4n) is 2.51. The molecule has 2 atom stereocenters. The third-order valence-electron chi connectivity index (χ3n) is 3.52. The van der Waals surface area contributed by atoms with Gasteiger partial charge < -0.3 is 18.6 Å². The van der Waals surface area contributed by atoms with Gasteiger partial charge in [0.15, 0.2) is 0 Å². The molecule has 7 nitrogen and oxygen atoms in total. The molecule has 0 saturated carbocycles. The number of nitrogens with zero attached hydrogens (tertiary/aromatic N) is 1. The van der Waals surface area contributed by atoms with Crippen molar-refractivity contribution in [2.75, 3.05) is 13.2 Å². The van der Waals surface area contributed by atoms with Crippen molar-refractivity contribution in [3.05, 3.63) is 42.1 Å². The van der Waals surface area contributed by atoms with Gasteiger partial charge in [-0.05, 0) is 26.3 Å². The molecule has 2 amide bonds. The van der Waals surface area contributed by atoms with Gasteiger partial charge in [0.2, 0.25) is 7.60 Å². The summed E-state index contributed by atoms with van der Waals surface area (Å²) in [5.74, 6) is -0.754. The van der Waals surface area contributed by atoms with Crippen molar-refractivity contribution in [2.45, 2.75) is 32.9 Å². The molecule has 2 rings (SSSR count). The molecule has 0 aromatic heterocycles. The van der Waals surface area contributed by atoms with Crippen molar-refractivity contribution >= 4 is 19.6 Å². The third kappa shape index (κ3) is 5.13. The van der Waals surface area contributed by atoms with Crippen LogP contribution in [0.1, 0.15) is 32.4 Å². The van der Waals surface area contributed by atoms with Crippen molar-refractivity contribution < 1.29 is 46.8 Å². The van der Waals surface area contributed by atoms with Crippen LogP contribution in [-0.2, 0) is 23.1 Å². The average molecular weight is 361 g/mol. The van der Waals surface area contributed by atoms with E-state index in [-0.39, 0.29) is 32.1 Å². The molecule has 0 N–H and O–H groups in total. The number of rotatable bonds is 7. The molecule has 1 aromatic carbocycles. The maximum atomic E-state index is 12.4. The summed E-state index contributed by atoms with van der Waals surface area (Å²) in [6.07, 6.45) is -0.516. The van der Waals surface area contributed by atoms with Crippen molar-refractivity contribution in [2.24, 2.45) is 0 Å². The monoisotopic (exact) mass is 361 g/mol. The first-order valence-corrected chi connectivity index (χ1v) is 9.36. The van der Waals surface area contributed by atoms with E-state index in [9.17, 15) is 14.2 Å². The Morgan fingerprint density at radius 3 is 2.32 bits per heavy atom. The van der Waals surface area contributed by atoms with Gasteiger partial charge >= 0.3 is 25.0 Å². The molecule has 9 heteroatoms. The quantitative estimate of drug-likeness (QED) is 0.400. The molecular weight excluding hydrogens is 340 g/mol. The van der Waals surface area contributed by atoms with Crippen LogP contribution in [0.5, 0.6) is 0 Å². The molecular formula is C16H21LiNO6P. The van der Waals surface area contributed by atoms with E-state index >= 15 is 0 Å². The smallest absolute Gasteiger partial charge is 0.439 e. The summed E-state index contributed by atoms with van der Waals surface area (Å²) in [5.41, 5.74) is 0.784. The summed E-state index contributed by atoms with van der Waals surface area (Å²) in [4.78, 5) is 25.5. The predicted molar refractivity (Wildman–Crippen MR) is 87.1 cm³/mol. The molecule has 1 aliphatic heterocycles. The summed E-state index contributed by atoms with van der Waals surface area (Å²) in [7, 11) is -3.70. The second kappa shape index (κ2) is 9.47. The van der Waals surface area contributed by atoms with Gasteiger partial charge in [0, 0.05) is 0 Å². The molecule has 1 saturated heterocycles. The number of benzene rings is 1. The van der Waals surface area contributed by atoms with Crippen molar-refractivity contribution in [3.63, 3.8) is 0 Å². The van der Waals surface area contributed by atoms with Gasteiger partial charge in [0.05, 0.1) is 19.3 Å². The Balaban J connectivity index is 0.00000312. The Bertz CT molecular complexity index is 631. The minimum absolute atomic E-state index is 0. The van der Waals surface area contributed by atoms with Crippen LogP contribution in [0.3, 0.4) is 0 Å². The second-order valence-corrected chi connectivity index (χ2v) is 7.02. The van der Waals surface area contributed by atoms with Crippen molar-refractivity contribution in [1.82, 2.24) is 4.90 Å². The predicted octanol–water partition coefficient (Wildman–Crippen LogP) is 0.527. The maximum absolute atomic E-state index is 12.4. The topological polar surface area (TPSA) is 82.1 Å². The van der Waals surface area contributed by atoms with Crippen molar-refractivity contribution in [1.29, 1.82) is 0 Å². The molecule has 1 aromatic rings. The molecule has 25 heavy (non-hydrogen) atoms. The van der Waals surface area contributed by atoms with Crippen molar-refractivity contribution in [3.8, 4) is 0 Å². The molecule has 1 fully saturated rings. The van der Waals surface area contributed by atoms with E-state index in [1.165, 1.54) is 0 Å².